The Morgan fingerprint density at radius 3 is 2.07 bits per heavy atom. The van der Waals surface area contributed by atoms with Gasteiger partial charge in [0.1, 0.15) is 5.56 Å². The molecule has 0 atom stereocenters. The van der Waals surface area contributed by atoms with Gasteiger partial charge in [-0.1, -0.05) is 26.0 Å². The molecule has 0 heterocycles. The summed E-state index contributed by atoms with van der Waals surface area (Å²) in [4.78, 5) is 24.5. The van der Waals surface area contributed by atoms with Crippen molar-refractivity contribution in [2.75, 3.05) is 33.3 Å². The lowest BCUT2D eigenvalue weighted by Gasteiger charge is -2.15. The van der Waals surface area contributed by atoms with E-state index in [1.807, 2.05) is 24.3 Å². The van der Waals surface area contributed by atoms with Gasteiger partial charge in [0.25, 0.3) is 5.91 Å². The van der Waals surface area contributed by atoms with Crippen LogP contribution in [0.3, 0.4) is 0 Å². The SMILES string of the molecule is COc1ccc(C(=O)OCC(=O)Nc2ccc(C(C)C)cc2)c(OC)c1OC. The molecule has 1 N–H and O–H groups in total. The minimum atomic E-state index is -0.705. The monoisotopic (exact) mass is 387 g/mol. The number of carbonyl (C=O) groups excluding carboxylic acids is 2. The predicted molar refractivity (Wildman–Crippen MR) is 106 cm³/mol. The quantitative estimate of drug-likeness (QED) is 0.697. The van der Waals surface area contributed by atoms with Crippen LogP contribution in [0.2, 0.25) is 0 Å². The summed E-state index contributed by atoms with van der Waals surface area (Å²) in [6, 6.07) is 10.6. The molecule has 0 saturated heterocycles. The lowest BCUT2D eigenvalue weighted by molar-refractivity contribution is -0.119. The molecule has 0 fully saturated rings. The van der Waals surface area contributed by atoms with Crippen LogP contribution in [0.1, 0.15) is 35.7 Å². The minimum Gasteiger partial charge on any atom is -0.493 e. The van der Waals surface area contributed by atoms with Crippen LogP contribution in [-0.4, -0.2) is 39.8 Å². The Morgan fingerprint density at radius 1 is 0.893 bits per heavy atom. The zero-order chi connectivity index (χ0) is 20.7. The van der Waals surface area contributed by atoms with Crippen LogP contribution in [0, 0.1) is 0 Å². The molecule has 0 spiro atoms. The minimum absolute atomic E-state index is 0.134. The summed E-state index contributed by atoms with van der Waals surface area (Å²) in [5.74, 6) is 0.125. The van der Waals surface area contributed by atoms with Gasteiger partial charge >= 0.3 is 5.97 Å². The number of benzene rings is 2. The Morgan fingerprint density at radius 2 is 1.54 bits per heavy atom. The molecular formula is C21H25NO6. The summed E-state index contributed by atoms with van der Waals surface area (Å²) in [6.45, 7) is 3.76. The number of anilines is 1. The first-order chi connectivity index (χ1) is 13.4. The maximum atomic E-state index is 12.4. The van der Waals surface area contributed by atoms with E-state index in [0.29, 0.717) is 17.4 Å². The van der Waals surface area contributed by atoms with Crippen LogP contribution in [0.15, 0.2) is 36.4 Å². The molecule has 0 aromatic heterocycles. The maximum Gasteiger partial charge on any atom is 0.342 e. The molecule has 0 bridgehead atoms. The molecule has 150 valence electrons. The zero-order valence-electron chi connectivity index (χ0n) is 16.7. The second-order valence-electron chi connectivity index (χ2n) is 6.28. The van der Waals surface area contributed by atoms with Gasteiger partial charge in [0, 0.05) is 5.69 Å². The standard InChI is InChI=1S/C21H25NO6/c1-13(2)14-6-8-15(9-7-14)22-18(23)12-28-21(24)16-10-11-17(25-3)20(27-5)19(16)26-4/h6-11,13H,12H2,1-5H3,(H,22,23). The first-order valence-electron chi connectivity index (χ1n) is 8.77. The smallest absolute Gasteiger partial charge is 0.342 e. The molecule has 7 heteroatoms. The van der Waals surface area contributed by atoms with E-state index in [-0.39, 0.29) is 17.1 Å². The Labute approximate surface area is 164 Å². The average molecular weight is 387 g/mol. The van der Waals surface area contributed by atoms with Crippen molar-refractivity contribution in [2.24, 2.45) is 0 Å². The highest BCUT2D eigenvalue weighted by atomic mass is 16.5. The van der Waals surface area contributed by atoms with Crippen LogP contribution >= 0.6 is 0 Å². The molecule has 2 rings (SSSR count). The van der Waals surface area contributed by atoms with E-state index in [9.17, 15) is 9.59 Å². The van der Waals surface area contributed by atoms with Crippen molar-refractivity contribution in [1.29, 1.82) is 0 Å². The van der Waals surface area contributed by atoms with Crippen LogP contribution in [0.4, 0.5) is 5.69 Å². The number of methoxy groups -OCH3 is 3. The van der Waals surface area contributed by atoms with Crippen molar-refractivity contribution in [3.63, 3.8) is 0 Å². The molecule has 28 heavy (non-hydrogen) atoms. The van der Waals surface area contributed by atoms with Crippen LogP contribution in [0.5, 0.6) is 17.2 Å². The van der Waals surface area contributed by atoms with Crippen LogP contribution < -0.4 is 19.5 Å². The molecule has 0 radical (unpaired) electrons. The Bertz CT molecular complexity index is 830. The fourth-order valence-corrected chi connectivity index (χ4v) is 2.62. The van der Waals surface area contributed by atoms with Gasteiger partial charge in [-0.15, -0.1) is 0 Å². The van der Waals surface area contributed by atoms with Gasteiger partial charge in [-0.2, -0.15) is 0 Å². The van der Waals surface area contributed by atoms with E-state index < -0.39 is 18.5 Å². The summed E-state index contributed by atoms with van der Waals surface area (Å²) in [5, 5.41) is 2.69. The highest BCUT2D eigenvalue weighted by Gasteiger charge is 2.22. The van der Waals surface area contributed by atoms with Gasteiger partial charge in [0.15, 0.2) is 18.1 Å². The molecule has 7 nitrogen and oxygen atoms in total. The van der Waals surface area contributed by atoms with Crippen molar-refractivity contribution >= 4 is 17.6 Å². The van der Waals surface area contributed by atoms with E-state index in [1.165, 1.54) is 33.0 Å². The summed E-state index contributed by atoms with van der Waals surface area (Å²) in [7, 11) is 4.32. The summed E-state index contributed by atoms with van der Waals surface area (Å²) in [5.41, 5.74) is 1.94. The summed E-state index contributed by atoms with van der Waals surface area (Å²) >= 11 is 0. The normalized spacial score (nSPS) is 10.4. The van der Waals surface area contributed by atoms with Gasteiger partial charge in [0.05, 0.1) is 21.3 Å². The first kappa shape index (κ1) is 21.1. The molecule has 0 saturated carbocycles. The van der Waals surface area contributed by atoms with Crippen molar-refractivity contribution in [1.82, 2.24) is 0 Å². The van der Waals surface area contributed by atoms with Gasteiger partial charge in [-0.25, -0.2) is 4.79 Å². The predicted octanol–water partition coefficient (Wildman–Crippen LogP) is 3.63. The fraction of sp³-hybridized carbons (Fsp3) is 0.333. The molecule has 0 aliphatic rings. The van der Waals surface area contributed by atoms with E-state index in [4.69, 9.17) is 18.9 Å². The van der Waals surface area contributed by atoms with E-state index in [2.05, 4.69) is 19.2 Å². The Hall–Kier alpha value is -3.22. The second-order valence-corrected chi connectivity index (χ2v) is 6.28. The second kappa shape index (κ2) is 9.64. The molecule has 1 amide bonds. The molecular weight excluding hydrogens is 362 g/mol. The number of amides is 1. The van der Waals surface area contributed by atoms with Crippen molar-refractivity contribution in [3.05, 3.63) is 47.5 Å². The molecule has 0 aliphatic carbocycles. The number of hydrogen-bond acceptors (Lipinski definition) is 6. The summed E-state index contributed by atoms with van der Waals surface area (Å²) in [6.07, 6.45) is 0. The lowest BCUT2D eigenvalue weighted by Crippen LogP contribution is -2.21. The highest BCUT2D eigenvalue weighted by molar-refractivity contribution is 5.97. The van der Waals surface area contributed by atoms with Crippen LogP contribution in [-0.2, 0) is 9.53 Å². The van der Waals surface area contributed by atoms with E-state index in [0.717, 1.165) is 0 Å². The Balaban J connectivity index is 2.02. The highest BCUT2D eigenvalue weighted by Crippen LogP contribution is 2.39. The topological polar surface area (TPSA) is 83.1 Å². The molecule has 2 aromatic rings. The average Bonchev–Trinajstić information content (AvgIpc) is 2.70. The first-order valence-corrected chi connectivity index (χ1v) is 8.77. The van der Waals surface area contributed by atoms with Gasteiger partial charge in [0.2, 0.25) is 5.75 Å². The third-order valence-electron chi connectivity index (χ3n) is 4.12. The van der Waals surface area contributed by atoms with Crippen molar-refractivity contribution in [3.8, 4) is 17.2 Å². The summed E-state index contributed by atoms with van der Waals surface area (Å²) < 4.78 is 20.8. The van der Waals surface area contributed by atoms with E-state index >= 15 is 0 Å². The largest absolute Gasteiger partial charge is 0.493 e. The number of esters is 1. The molecule has 0 aliphatic heterocycles. The lowest BCUT2D eigenvalue weighted by atomic mass is 10.0. The van der Waals surface area contributed by atoms with Crippen molar-refractivity contribution < 1.29 is 28.5 Å². The molecule has 2 aromatic carbocycles. The third kappa shape index (κ3) is 4.94. The number of carbonyl (C=O) groups is 2. The van der Waals surface area contributed by atoms with Crippen molar-refractivity contribution in [2.45, 2.75) is 19.8 Å². The number of nitrogens with one attached hydrogen (secondary N) is 1. The number of hydrogen-bond donors (Lipinski definition) is 1. The van der Waals surface area contributed by atoms with Gasteiger partial charge in [-0.3, -0.25) is 4.79 Å². The number of ether oxygens (including phenoxy) is 4. The fourth-order valence-electron chi connectivity index (χ4n) is 2.62. The third-order valence-corrected chi connectivity index (χ3v) is 4.12. The maximum absolute atomic E-state index is 12.4. The van der Waals surface area contributed by atoms with Gasteiger partial charge < -0.3 is 24.3 Å². The van der Waals surface area contributed by atoms with E-state index in [1.54, 1.807) is 6.07 Å². The molecule has 0 unspecified atom stereocenters. The Kier molecular flexibility index (Phi) is 7.26. The van der Waals surface area contributed by atoms with Gasteiger partial charge in [-0.05, 0) is 35.7 Å². The zero-order valence-corrected chi connectivity index (χ0v) is 16.7. The van der Waals surface area contributed by atoms with Crippen LogP contribution in [0.25, 0.3) is 0 Å². The number of rotatable bonds is 8.